The van der Waals surface area contributed by atoms with Crippen LogP contribution in [0.5, 0.6) is 5.75 Å². The lowest BCUT2D eigenvalue weighted by atomic mass is 9.97. The Morgan fingerprint density at radius 2 is 1.85 bits per heavy atom. The van der Waals surface area contributed by atoms with Crippen LogP contribution in [0.3, 0.4) is 0 Å². The van der Waals surface area contributed by atoms with Crippen molar-refractivity contribution in [3.05, 3.63) is 40.5 Å². The smallest absolute Gasteiger partial charge is 0.232 e. The maximum atomic E-state index is 5.83. The first-order valence-electron chi connectivity index (χ1n) is 6.81. The monoisotopic (exact) mass is 274 g/mol. The fourth-order valence-corrected chi connectivity index (χ4v) is 1.91. The minimum atomic E-state index is -0.138. The van der Waals surface area contributed by atoms with Crippen LogP contribution in [0, 0.1) is 20.8 Å². The van der Waals surface area contributed by atoms with E-state index in [2.05, 4.69) is 37.0 Å². The van der Waals surface area contributed by atoms with Gasteiger partial charge < -0.3 is 9.26 Å². The van der Waals surface area contributed by atoms with Crippen molar-refractivity contribution in [2.24, 2.45) is 0 Å². The van der Waals surface area contributed by atoms with Crippen molar-refractivity contribution in [2.45, 2.75) is 53.6 Å². The van der Waals surface area contributed by atoms with Gasteiger partial charge in [-0.05, 0) is 43.5 Å². The Hall–Kier alpha value is -1.84. The van der Waals surface area contributed by atoms with E-state index in [0.717, 1.165) is 11.3 Å². The lowest BCUT2D eigenvalue weighted by Crippen LogP contribution is -2.11. The average Bonchev–Trinajstić information content (AvgIpc) is 2.80. The quantitative estimate of drug-likeness (QED) is 0.852. The minimum absolute atomic E-state index is 0.138. The molecule has 4 nitrogen and oxygen atoms in total. The van der Waals surface area contributed by atoms with Crippen LogP contribution in [-0.2, 0) is 12.0 Å². The highest BCUT2D eigenvalue weighted by Gasteiger charge is 2.21. The van der Waals surface area contributed by atoms with Gasteiger partial charge in [-0.1, -0.05) is 32.0 Å². The summed E-state index contributed by atoms with van der Waals surface area (Å²) in [6.45, 7) is 12.6. The van der Waals surface area contributed by atoms with E-state index in [1.165, 1.54) is 11.1 Å². The summed E-state index contributed by atoms with van der Waals surface area (Å²) in [7, 11) is 0. The van der Waals surface area contributed by atoms with Crippen molar-refractivity contribution < 1.29 is 9.26 Å². The second-order valence-electron chi connectivity index (χ2n) is 6.26. The van der Waals surface area contributed by atoms with Crippen molar-refractivity contribution >= 4 is 0 Å². The Morgan fingerprint density at radius 3 is 2.45 bits per heavy atom. The van der Waals surface area contributed by atoms with Crippen molar-refractivity contribution in [1.29, 1.82) is 0 Å². The van der Waals surface area contributed by atoms with E-state index in [1.54, 1.807) is 0 Å². The third-order valence-corrected chi connectivity index (χ3v) is 3.23. The second kappa shape index (κ2) is 5.27. The van der Waals surface area contributed by atoms with Gasteiger partial charge in [-0.15, -0.1) is 0 Å². The molecule has 2 aromatic rings. The zero-order chi connectivity index (χ0) is 14.9. The molecule has 0 unspecified atom stereocenters. The predicted octanol–water partition coefficient (Wildman–Crippen LogP) is 3.87. The second-order valence-corrected chi connectivity index (χ2v) is 6.26. The standard InChI is InChI=1S/C16H22N2O2/c1-10-7-11(2)12(3)13(8-10)19-9-14-17-15(20-18-14)16(4,5)6/h7-8H,9H2,1-6H3. The van der Waals surface area contributed by atoms with Gasteiger partial charge in [0.05, 0.1) is 0 Å². The Labute approximate surface area is 120 Å². The molecule has 2 rings (SSSR count). The van der Waals surface area contributed by atoms with Crippen molar-refractivity contribution in [3.8, 4) is 5.75 Å². The molecule has 0 aliphatic rings. The summed E-state index contributed by atoms with van der Waals surface area (Å²) in [6.07, 6.45) is 0. The molecule has 4 heteroatoms. The summed E-state index contributed by atoms with van der Waals surface area (Å²) in [4.78, 5) is 4.37. The molecule has 1 aromatic carbocycles. The summed E-state index contributed by atoms with van der Waals surface area (Å²) < 4.78 is 11.1. The third-order valence-electron chi connectivity index (χ3n) is 3.23. The molecule has 0 spiro atoms. The number of benzene rings is 1. The third kappa shape index (κ3) is 3.18. The van der Waals surface area contributed by atoms with E-state index in [9.17, 15) is 0 Å². The van der Waals surface area contributed by atoms with E-state index in [1.807, 2.05) is 26.8 Å². The highest BCUT2D eigenvalue weighted by molar-refractivity contribution is 5.41. The van der Waals surface area contributed by atoms with Crippen LogP contribution in [0.1, 0.15) is 49.2 Å². The molecule has 0 saturated heterocycles. The fraction of sp³-hybridized carbons (Fsp3) is 0.500. The van der Waals surface area contributed by atoms with Gasteiger partial charge in [0.15, 0.2) is 6.61 Å². The molecule has 0 bridgehead atoms. The highest BCUT2D eigenvalue weighted by Crippen LogP contribution is 2.24. The first-order valence-corrected chi connectivity index (χ1v) is 6.81. The topological polar surface area (TPSA) is 48.2 Å². The molecule has 0 amide bonds. The van der Waals surface area contributed by atoms with Crippen LogP contribution in [0.4, 0.5) is 0 Å². The first-order chi connectivity index (χ1) is 9.27. The van der Waals surface area contributed by atoms with Gasteiger partial charge in [0, 0.05) is 5.41 Å². The van der Waals surface area contributed by atoms with Gasteiger partial charge in [0.2, 0.25) is 11.7 Å². The lowest BCUT2D eigenvalue weighted by molar-refractivity contribution is 0.278. The van der Waals surface area contributed by atoms with Crippen LogP contribution in [0.15, 0.2) is 16.7 Å². The molecule has 20 heavy (non-hydrogen) atoms. The molecule has 0 N–H and O–H groups in total. The van der Waals surface area contributed by atoms with E-state index in [0.29, 0.717) is 18.3 Å². The summed E-state index contributed by atoms with van der Waals surface area (Å²) in [6, 6.07) is 4.18. The molecule has 1 aromatic heterocycles. The highest BCUT2D eigenvalue weighted by atomic mass is 16.5. The predicted molar refractivity (Wildman–Crippen MR) is 78.0 cm³/mol. The Kier molecular flexibility index (Phi) is 3.84. The molecule has 0 radical (unpaired) electrons. The van der Waals surface area contributed by atoms with Gasteiger partial charge in [-0.25, -0.2) is 0 Å². The van der Waals surface area contributed by atoms with Gasteiger partial charge >= 0.3 is 0 Å². The van der Waals surface area contributed by atoms with Crippen LogP contribution >= 0.6 is 0 Å². The van der Waals surface area contributed by atoms with Gasteiger partial charge in [0.1, 0.15) is 5.75 Å². The maximum absolute atomic E-state index is 5.83. The molecule has 0 saturated carbocycles. The van der Waals surface area contributed by atoms with Crippen LogP contribution in [0.25, 0.3) is 0 Å². The van der Waals surface area contributed by atoms with Crippen molar-refractivity contribution in [2.75, 3.05) is 0 Å². The van der Waals surface area contributed by atoms with Crippen LogP contribution in [0.2, 0.25) is 0 Å². The Bertz CT molecular complexity index is 609. The number of aryl methyl sites for hydroxylation is 2. The number of aromatic nitrogens is 2. The van der Waals surface area contributed by atoms with E-state index in [-0.39, 0.29) is 5.41 Å². The Balaban J connectivity index is 2.11. The molecule has 0 aliphatic carbocycles. The molecule has 0 aliphatic heterocycles. The normalized spacial score (nSPS) is 11.7. The largest absolute Gasteiger partial charge is 0.485 e. The van der Waals surface area contributed by atoms with Crippen molar-refractivity contribution in [1.82, 2.24) is 10.1 Å². The van der Waals surface area contributed by atoms with E-state index in [4.69, 9.17) is 9.26 Å². The first kappa shape index (κ1) is 14.6. The number of hydrogen-bond acceptors (Lipinski definition) is 4. The van der Waals surface area contributed by atoms with Gasteiger partial charge in [-0.3, -0.25) is 0 Å². The molecule has 1 heterocycles. The lowest BCUT2D eigenvalue weighted by Gasteiger charge is -2.11. The molecule has 108 valence electrons. The summed E-state index contributed by atoms with van der Waals surface area (Å²) in [5.74, 6) is 2.09. The number of hydrogen-bond donors (Lipinski definition) is 0. The van der Waals surface area contributed by atoms with E-state index >= 15 is 0 Å². The zero-order valence-electron chi connectivity index (χ0n) is 13.1. The maximum Gasteiger partial charge on any atom is 0.232 e. The molecule has 0 fully saturated rings. The number of ether oxygens (including phenoxy) is 1. The molecule has 0 atom stereocenters. The van der Waals surface area contributed by atoms with Crippen molar-refractivity contribution in [3.63, 3.8) is 0 Å². The Morgan fingerprint density at radius 1 is 1.15 bits per heavy atom. The zero-order valence-corrected chi connectivity index (χ0v) is 13.1. The number of rotatable bonds is 3. The summed E-state index contributed by atoms with van der Waals surface area (Å²) in [5, 5.41) is 3.96. The molecular formula is C16H22N2O2. The van der Waals surface area contributed by atoms with Gasteiger partial charge in [0.25, 0.3) is 0 Å². The average molecular weight is 274 g/mol. The minimum Gasteiger partial charge on any atom is -0.485 e. The fourth-order valence-electron chi connectivity index (χ4n) is 1.91. The molecular weight excluding hydrogens is 252 g/mol. The van der Waals surface area contributed by atoms with Crippen LogP contribution < -0.4 is 4.74 Å². The summed E-state index contributed by atoms with van der Waals surface area (Å²) >= 11 is 0. The number of nitrogens with zero attached hydrogens (tertiary/aromatic N) is 2. The van der Waals surface area contributed by atoms with Gasteiger partial charge in [-0.2, -0.15) is 4.98 Å². The SMILES string of the molecule is Cc1cc(C)c(C)c(OCc2noc(C(C)(C)C)n2)c1. The summed E-state index contributed by atoms with van der Waals surface area (Å²) in [5.41, 5.74) is 3.42. The van der Waals surface area contributed by atoms with E-state index < -0.39 is 0 Å². The van der Waals surface area contributed by atoms with Crippen LogP contribution in [-0.4, -0.2) is 10.1 Å².